The van der Waals surface area contributed by atoms with Gasteiger partial charge in [-0.15, -0.1) is 21.5 Å². The molecule has 0 fully saturated rings. The van der Waals surface area contributed by atoms with Crippen molar-refractivity contribution in [3.05, 3.63) is 27.7 Å². The topological polar surface area (TPSA) is 55.6 Å². The molecule has 126 valence electrons. The molecule has 23 heavy (non-hydrogen) atoms. The zero-order valence-corrected chi connectivity index (χ0v) is 15.2. The van der Waals surface area contributed by atoms with Crippen molar-refractivity contribution < 1.29 is 0 Å². The third-order valence-corrected chi connectivity index (χ3v) is 5.63. The van der Waals surface area contributed by atoms with E-state index in [-0.39, 0.29) is 5.41 Å². The number of aromatic nitrogens is 4. The van der Waals surface area contributed by atoms with Crippen molar-refractivity contribution in [2.75, 3.05) is 6.54 Å². The molecule has 0 radical (unpaired) electrons. The highest BCUT2D eigenvalue weighted by Gasteiger charge is 2.18. The van der Waals surface area contributed by atoms with Gasteiger partial charge in [-0.3, -0.25) is 0 Å². The third-order valence-electron chi connectivity index (χ3n) is 4.21. The molecule has 1 N–H and O–H groups in total. The first kappa shape index (κ1) is 16.6. The second-order valence-electron chi connectivity index (χ2n) is 7.30. The van der Waals surface area contributed by atoms with Crippen LogP contribution in [0.1, 0.15) is 61.6 Å². The smallest absolute Gasteiger partial charge is 0.134 e. The number of hydrogen-bond acceptors (Lipinski definition) is 5. The molecule has 3 heterocycles. The lowest BCUT2D eigenvalue weighted by Gasteiger charge is -2.13. The molecule has 2 aromatic rings. The van der Waals surface area contributed by atoms with Crippen molar-refractivity contribution in [1.29, 1.82) is 0 Å². The number of rotatable bonds is 5. The fraction of sp³-hybridized carbons (Fsp3) is 0.706. The Hall–Kier alpha value is -1.27. The Labute approximate surface area is 142 Å². The molecule has 0 aliphatic carbocycles. The summed E-state index contributed by atoms with van der Waals surface area (Å²) in [5.74, 6) is 2.31. The highest BCUT2D eigenvalue weighted by Crippen LogP contribution is 2.26. The van der Waals surface area contributed by atoms with Crippen molar-refractivity contribution in [2.45, 2.75) is 71.4 Å². The summed E-state index contributed by atoms with van der Waals surface area (Å²) < 4.78 is 2.33. The predicted molar refractivity (Wildman–Crippen MR) is 93.8 cm³/mol. The first-order valence-corrected chi connectivity index (χ1v) is 9.42. The number of nitrogens with one attached hydrogen (secondary N) is 1. The van der Waals surface area contributed by atoms with E-state index in [2.05, 4.69) is 45.8 Å². The van der Waals surface area contributed by atoms with Crippen LogP contribution in [-0.2, 0) is 31.3 Å². The van der Waals surface area contributed by atoms with Gasteiger partial charge in [-0.25, -0.2) is 4.98 Å². The summed E-state index contributed by atoms with van der Waals surface area (Å²) in [5.41, 5.74) is 0.141. The van der Waals surface area contributed by atoms with Gasteiger partial charge in [-0.2, -0.15) is 0 Å². The average molecular weight is 334 g/mol. The summed E-state index contributed by atoms with van der Waals surface area (Å²) in [6.07, 6.45) is 7.83. The SMILES string of the molecule is CC(C)(C)c1ncc(CNCCc2nnc3n2CCCCC3)s1. The molecule has 0 atom stereocenters. The molecule has 0 amide bonds. The monoisotopic (exact) mass is 333 g/mol. The van der Waals surface area contributed by atoms with E-state index in [0.29, 0.717) is 0 Å². The average Bonchev–Trinajstić information content (AvgIpc) is 3.05. The Morgan fingerprint density at radius 3 is 2.87 bits per heavy atom. The molecule has 5 nitrogen and oxygen atoms in total. The van der Waals surface area contributed by atoms with Crippen molar-refractivity contribution in [2.24, 2.45) is 0 Å². The van der Waals surface area contributed by atoms with Gasteiger partial charge in [-0.1, -0.05) is 27.2 Å². The molecule has 2 aromatic heterocycles. The molecule has 6 heteroatoms. The van der Waals surface area contributed by atoms with Crippen molar-refractivity contribution in [3.8, 4) is 0 Å². The van der Waals surface area contributed by atoms with Gasteiger partial charge in [0.25, 0.3) is 0 Å². The number of hydrogen-bond donors (Lipinski definition) is 1. The minimum atomic E-state index is 0.141. The number of thiazole rings is 1. The van der Waals surface area contributed by atoms with E-state index in [1.54, 1.807) is 11.3 Å². The van der Waals surface area contributed by atoms with Gasteiger partial charge in [0.1, 0.15) is 11.6 Å². The van der Waals surface area contributed by atoms with E-state index < -0.39 is 0 Å². The fourth-order valence-corrected chi connectivity index (χ4v) is 3.82. The van der Waals surface area contributed by atoms with E-state index in [1.165, 1.54) is 35.0 Å². The van der Waals surface area contributed by atoms with Crippen LogP contribution in [0.3, 0.4) is 0 Å². The lowest BCUT2D eigenvalue weighted by molar-refractivity contribution is 0.585. The second-order valence-corrected chi connectivity index (χ2v) is 8.42. The van der Waals surface area contributed by atoms with Gasteiger partial charge >= 0.3 is 0 Å². The summed E-state index contributed by atoms with van der Waals surface area (Å²) in [5, 5.41) is 13.5. The molecule has 0 saturated heterocycles. The van der Waals surface area contributed by atoms with Gasteiger partial charge in [-0.05, 0) is 12.8 Å². The molecule has 1 aliphatic rings. The minimum absolute atomic E-state index is 0.141. The largest absolute Gasteiger partial charge is 0.315 e. The maximum atomic E-state index is 4.54. The molecule has 0 unspecified atom stereocenters. The fourth-order valence-electron chi connectivity index (χ4n) is 2.88. The summed E-state index contributed by atoms with van der Waals surface area (Å²) in [6.45, 7) is 9.53. The van der Waals surface area contributed by atoms with Crippen molar-refractivity contribution in [1.82, 2.24) is 25.1 Å². The highest BCUT2D eigenvalue weighted by molar-refractivity contribution is 7.11. The molecule has 0 spiro atoms. The van der Waals surface area contributed by atoms with Crippen LogP contribution in [0.4, 0.5) is 0 Å². The van der Waals surface area contributed by atoms with Gasteiger partial charge in [0.2, 0.25) is 0 Å². The van der Waals surface area contributed by atoms with E-state index in [4.69, 9.17) is 0 Å². The number of nitrogens with zero attached hydrogens (tertiary/aromatic N) is 4. The minimum Gasteiger partial charge on any atom is -0.315 e. The summed E-state index contributed by atoms with van der Waals surface area (Å²) in [4.78, 5) is 5.84. The van der Waals surface area contributed by atoms with Gasteiger partial charge in [0.05, 0.1) is 5.01 Å². The van der Waals surface area contributed by atoms with Crippen molar-refractivity contribution >= 4 is 11.3 Å². The zero-order chi connectivity index (χ0) is 16.3. The van der Waals surface area contributed by atoms with Crippen molar-refractivity contribution in [3.63, 3.8) is 0 Å². The Morgan fingerprint density at radius 2 is 2.09 bits per heavy atom. The third kappa shape index (κ3) is 4.18. The Kier molecular flexibility index (Phi) is 5.11. The Bertz CT molecular complexity index is 638. The Balaban J connectivity index is 1.49. The van der Waals surface area contributed by atoms with E-state index >= 15 is 0 Å². The summed E-state index contributed by atoms with van der Waals surface area (Å²) >= 11 is 1.81. The molecular weight excluding hydrogens is 306 g/mol. The molecule has 0 bridgehead atoms. The van der Waals surface area contributed by atoms with Gasteiger partial charge < -0.3 is 9.88 Å². The summed E-state index contributed by atoms with van der Waals surface area (Å²) in [7, 11) is 0. The van der Waals surface area contributed by atoms with Crippen LogP contribution < -0.4 is 5.32 Å². The van der Waals surface area contributed by atoms with Crippen LogP contribution in [-0.4, -0.2) is 26.3 Å². The van der Waals surface area contributed by atoms with Gasteiger partial charge in [0, 0.05) is 49.0 Å². The lowest BCUT2D eigenvalue weighted by Crippen LogP contribution is -2.18. The van der Waals surface area contributed by atoms with E-state index in [9.17, 15) is 0 Å². The maximum absolute atomic E-state index is 4.54. The zero-order valence-electron chi connectivity index (χ0n) is 14.4. The molecule has 0 aromatic carbocycles. The number of fused-ring (bicyclic) bond motifs is 1. The summed E-state index contributed by atoms with van der Waals surface area (Å²) in [6, 6.07) is 0. The van der Waals surface area contributed by atoms with Crippen LogP contribution in [0.15, 0.2) is 6.20 Å². The highest BCUT2D eigenvalue weighted by atomic mass is 32.1. The molecule has 0 saturated carbocycles. The first-order valence-electron chi connectivity index (χ1n) is 8.61. The quantitative estimate of drug-likeness (QED) is 0.854. The molecule has 1 aliphatic heterocycles. The van der Waals surface area contributed by atoms with Crippen LogP contribution in [0, 0.1) is 0 Å². The van der Waals surface area contributed by atoms with E-state index in [0.717, 1.165) is 38.3 Å². The molecular formula is C17H27N5S. The predicted octanol–water partition coefficient (Wildman–Crippen LogP) is 3.09. The standard InChI is InChI=1S/C17H27N5S/c1-17(2,3)16-19-12-13(23-16)11-18-9-8-15-21-20-14-7-5-4-6-10-22(14)15/h12,18H,4-11H2,1-3H3. The second kappa shape index (κ2) is 7.09. The Morgan fingerprint density at radius 1 is 1.22 bits per heavy atom. The van der Waals surface area contributed by atoms with Crippen LogP contribution >= 0.6 is 11.3 Å². The molecule has 3 rings (SSSR count). The van der Waals surface area contributed by atoms with Crippen LogP contribution in [0.5, 0.6) is 0 Å². The first-order chi connectivity index (χ1) is 11.0. The van der Waals surface area contributed by atoms with Crippen LogP contribution in [0.25, 0.3) is 0 Å². The maximum Gasteiger partial charge on any atom is 0.134 e. The lowest BCUT2D eigenvalue weighted by atomic mass is 9.98. The van der Waals surface area contributed by atoms with E-state index in [1.807, 2.05) is 6.20 Å². The normalized spacial score (nSPS) is 15.4. The van der Waals surface area contributed by atoms with Crippen LogP contribution in [0.2, 0.25) is 0 Å². The van der Waals surface area contributed by atoms with Gasteiger partial charge in [0.15, 0.2) is 0 Å². The number of aryl methyl sites for hydroxylation is 1.